The van der Waals surface area contributed by atoms with Crippen LogP contribution in [-0.2, 0) is 33.9 Å². The number of nitrogens with zero attached hydrogens (tertiary/aromatic N) is 2. The molecule has 8 nitrogen and oxygen atoms in total. The van der Waals surface area contributed by atoms with E-state index in [0.29, 0.717) is 31.9 Å². The summed E-state index contributed by atoms with van der Waals surface area (Å²) in [5, 5.41) is 2.14. The van der Waals surface area contributed by atoms with E-state index in [1.807, 2.05) is 0 Å². The van der Waals surface area contributed by atoms with Crippen LogP contribution in [-0.4, -0.2) is 59.9 Å². The molecule has 5 rings (SSSR count). The first-order valence-electron chi connectivity index (χ1n) is 13.8. The average Bonchev–Trinajstić information content (AvgIpc) is 3.10. The molecule has 3 heterocycles. The van der Waals surface area contributed by atoms with E-state index in [2.05, 4.69) is 5.32 Å². The third kappa shape index (κ3) is 4.62. The fourth-order valence-electron chi connectivity index (χ4n) is 3.94. The third-order valence-corrected chi connectivity index (χ3v) is 5.69. The lowest BCUT2D eigenvalue weighted by Gasteiger charge is -2.29. The van der Waals surface area contributed by atoms with Crippen LogP contribution in [0.15, 0.2) is 42.5 Å². The molecule has 1 atom stereocenters. The Labute approximate surface area is 200 Å². The van der Waals surface area contributed by atoms with Crippen LogP contribution in [0.4, 0.5) is 0 Å². The van der Waals surface area contributed by atoms with E-state index in [4.69, 9.17) is 17.7 Å². The minimum atomic E-state index is -2.51. The Kier molecular flexibility index (Phi) is 4.40. The summed E-state index contributed by atoms with van der Waals surface area (Å²) in [4.78, 5) is 39.7. The Balaban J connectivity index is 1.41. The van der Waals surface area contributed by atoms with Crippen molar-refractivity contribution in [3.05, 3.63) is 64.7 Å². The number of nitrogens with one attached hydrogen (secondary N) is 1. The zero-order valence-corrected chi connectivity index (χ0v) is 17.8. The second-order valence-electron chi connectivity index (χ2n) is 7.93. The van der Waals surface area contributed by atoms with Crippen molar-refractivity contribution in [3.8, 4) is 5.75 Å². The molecule has 2 aromatic rings. The molecular weight excluding hydrogens is 422 g/mol. The summed E-state index contributed by atoms with van der Waals surface area (Å²) in [6.45, 7) is -5.08. The molecule has 0 aliphatic carbocycles. The van der Waals surface area contributed by atoms with Gasteiger partial charge in [0.15, 0.2) is 0 Å². The van der Waals surface area contributed by atoms with Gasteiger partial charge < -0.3 is 14.4 Å². The molecule has 2 saturated heterocycles. The Hall–Kier alpha value is -3.23. The van der Waals surface area contributed by atoms with Crippen molar-refractivity contribution in [1.29, 1.82) is 0 Å². The summed E-state index contributed by atoms with van der Waals surface area (Å²) in [5.74, 6) is -2.24. The molecule has 0 bridgehead atoms. The quantitative estimate of drug-likeness (QED) is 0.669. The van der Waals surface area contributed by atoms with Crippen LogP contribution in [0.5, 0.6) is 5.75 Å². The van der Waals surface area contributed by atoms with Crippen LogP contribution >= 0.6 is 0 Å². The molecule has 0 aromatic heterocycles. The molecule has 0 spiro atoms. The van der Waals surface area contributed by atoms with Gasteiger partial charge in [-0.25, -0.2) is 0 Å². The van der Waals surface area contributed by atoms with Crippen LogP contribution in [0.3, 0.4) is 0 Å². The predicted molar refractivity (Wildman–Crippen MR) is 119 cm³/mol. The molecule has 0 unspecified atom stereocenters. The molecule has 2 fully saturated rings. The van der Waals surface area contributed by atoms with Crippen molar-refractivity contribution < 1.29 is 32.1 Å². The molecule has 3 aliphatic heterocycles. The molecule has 3 aliphatic rings. The summed E-state index contributed by atoms with van der Waals surface area (Å²) in [7, 11) is 0. The van der Waals surface area contributed by atoms with Crippen molar-refractivity contribution in [3.63, 3.8) is 0 Å². The van der Waals surface area contributed by atoms with Gasteiger partial charge in [-0.15, -0.1) is 0 Å². The summed E-state index contributed by atoms with van der Waals surface area (Å²) in [5.41, 5.74) is 0.135. The summed E-state index contributed by atoms with van der Waals surface area (Å²) < 4.78 is 62.6. The first-order chi connectivity index (χ1) is 18.3. The number of carbonyl (C=O) groups is 3. The van der Waals surface area contributed by atoms with E-state index >= 15 is 0 Å². The predicted octanol–water partition coefficient (Wildman–Crippen LogP) is 1.86. The number of carbonyl (C=O) groups excluding carboxylic acids is 3. The summed E-state index contributed by atoms with van der Waals surface area (Å²) in [6, 6.07) is 8.73. The second kappa shape index (κ2) is 9.33. The van der Waals surface area contributed by atoms with Crippen LogP contribution in [0, 0.1) is 0 Å². The van der Waals surface area contributed by atoms with Crippen molar-refractivity contribution in [1.82, 2.24) is 15.1 Å². The van der Waals surface area contributed by atoms with E-state index in [0.717, 1.165) is 4.90 Å². The van der Waals surface area contributed by atoms with Crippen LogP contribution in [0.2, 0.25) is 0 Å². The third-order valence-electron chi connectivity index (χ3n) is 5.69. The lowest BCUT2D eigenvalue weighted by Crippen LogP contribution is -2.52. The van der Waals surface area contributed by atoms with Gasteiger partial charge >= 0.3 is 0 Å². The Bertz CT molecular complexity index is 1310. The summed E-state index contributed by atoms with van der Waals surface area (Å²) in [6.07, 6.45) is -0.0802. The number of fused-ring (bicyclic) bond motifs is 1. The Morgan fingerprint density at radius 1 is 1.09 bits per heavy atom. The van der Waals surface area contributed by atoms with E-state index in [1.165, 1.54) is 42.5 Å². The number of hydrogen-bond acceptors (Lipinski definition) is 6. The van der Waals surface area contributed by atoms with E-state index in [1.54, 1.807) is 4.90 Å². The number of hydrogen-bond donors (Lipinski definition) is 1. The van der Waals surface area contributed by atoms with Crippen molar-refractivity contribution in [2.24, 2.45) is 0 Å². The van der Waals surface area contributed by atoms with Gasteiger partial charge in [-0.3, -0.25) is 24.6 Å². The van der Waals surface area contributed by atoms with Crippen LogP contribution in [0.1, 0.15) is 48.1 Å². The monoisotopic (exact) mass is 455 g/mol. The van der Waals surface area contributed by atoms with Crippen LogP contribution < -0.4 is 10.1 Å². The number of benzene rings is 2. The van der Waals surface area contributed by atoms with E-state index in [-0.39, 0.29) is 35.3 Å². The number of imide groups is 1. The molecule has 33 heavy (non-hydrogen) atoms. The fraction of sp³-hybridized carbons (Fsp3) is 0.400. The zero-order chi connectivity index (χ0) is 28.2. The van der Waals surface area contributed by atoms with Gasteiger partial charge in [-0.05, 0) is 29.7 Å². The highest BCUT2D eigenvalue weighted by atomic mass is 16.5. The maximum absolute atomic E-state index is 13.2. The van der Waals surface area contributed by atoms with Gasteiger partial charge in [0, 0.05) is 39.9 Å². The number of ether oxygens (including phenoxy) is 2. The Morgan fingerprint density at radius 3 is 2.61 bits per heavy atom. The van der Waals surface area contributed by atoms with Gasteiger partial charge in [0.1, 0.15) is 18.4 Å². The standard InChI is InChI=1S/C25H27N3O5/c29-23-9-8-21(24(30)26-23)28-15-20-19(25(28)31)2-1-3-22(20)33-16-18-6-4-17(5-7-18)14-27-10-12-32-13-11-27/h1-7,21H,8-16H2,(H,26,29,30)/t21-/m1/s1/i14D2,15D2,16D2. The fourth-order valence-corrected chi connectivity index (χ4v) is 3.94. The molecule has 0 saturated carbocycles. The molecule has 2 aromatic carbocycles. The second-order valence-corrected chi connectivity index (χ2v) is 7.93. The number of piperidine rings is 1. The molecule has 3 amide bonds. The number of morpholine rings is 1. The number of amides is 3. The van der Waals surface area contributed by atoms with Crippen LogP contribution in [0.25, 0.3) is 0 Å². The minimum Gasteiger partial charge on any atom is -0.489 e. The number of rotatable bonds is 6. The molecular formula is C25H27N3O5. The highest BCUT2D eigenvalue weighted by molar-refractivity contribution is 6.05. The lowest BCUT2D eigenvalue weighted by atomic mass is 10.0. The van der Waals surface area contributed by atoms with E-state index in [9.17, 15) is 14.4 Å². The molecule has 0 radical (unpaired) electrons. The highest BCUT2D eigenvalue weighted by Gasteiger charge is 2.40. The Morgan fingerprint density at radius 2 is 1.85 bits per heavy atom. The van der Waals surface area contributed by atoms with E-state index < -0.39 is 43.3 Å². The van der Waals surface area contributed by atoms with Crippen molar-refractivity contribution in [2.45, 2.75) is 38.4 Å². The van der Waals surface area contributed by atoms with Gasteiger partial charge in [0.2, 0.25) is 11.8 Å². The summed E-state index contributed by atoms with van der Waals surface area (Å²) >= 11 is 0. The van der Waals surface area contributed by atoms with Gasteiger partial charge in [-0.1, -0.05) is 30.3 Å². The molecule has 8 heteroatoms. The molecule has 172 valence electrons. The highest BCUT2D eigenvalue weighted by Crippen LogP contribution is 2.34. The first kappa shape index (κ1) is 15.6. The molecule has 1 N–H and O–H groups in total. The van der Waals surface area contributed by atoms with Crippen molar-refractivity contribution in [2.75, 3.05) is 26.3 Å². The zero-order valence-electron chi connectivity index (χ0n) is 23.8. The average molecular weight is 456 g/mol. The smallest absolute Gasteiger partial charge is 0.255 e. The van der Waals surface area contributed by atoms with Crippen molar-refractivity contribution >= 4 is 17.7 Å². The van der Waals surface area contributed by atoms with Gasteiger partial charge in [-0.2, -0.15) is 0 Å². The first-order valence-corrected chi connectivity index (χ1v) is 10.8. The maximum atomic E-state index is 13.2. The minimum absolute atomic E-state index is 0.0365. The van der Waals surface area contributed by atoms with Gasteiger partial charge in [0.25, 0.3) is 5.91 Å². The SMILES string of the molecule is [2H]C([2H])(Oc1cccc2c1C([2H])([2H])N([C@@H]1CCC(=O)NC1=O)C2=O)c1ccc(C([2H])([2H])N2CCOCC2)cc1. The largest absolute Gasteiger partial charge is 0.489 e. The topological polar surface area (TPSA) is 88.2 Å². The van der Waals surface area contributed by atoms with Gasteiger partial charge in [0.05, 0.1) is 25.2 Å². The normalized spacial score (nSPS) is 26.2. The maximum Gasteiger partial charge on any atom is 0.255 e. The lowest BCUT2D eigenvalue weighted by molar-refractivity contribution is -0.136.